The summed E-state index contributed by atoms with van der Waals surface area (Å²) in [4.78, 5) is 11.5. The summed E-state index contributed by atoms with van der Waals surface area (Å²) in [6.45, 7) is 6.33. The fourth-order valence-electron chi connectivity index (χ4n) is 6.06. The molecule has 0 N–H and O–H groups in total. The molecule has 0 aliphatic heterocycles. The van der Waals surface area contributed by atoms with Crippen LogP contribution in [0.15, 0.2) is 11.1 Å². The van der Waals surface area contributed by atoms with Crippen LogP contribution in [0.5, 0.6) is 0 Å². The average molecular weight is 562 g/mol. The van der Waals surface area contributed by atoms with Crippen LogP contribution in [-0.2, 0) is 4.79 Å². The summed E-state index contributed by atoms with van der Waals surface area (Å²) in [5.74, 6) is -0.963. The Morgan fingerprint density at radius 2 is 0.575 bits per heavy atom. The van der Waals surface area contributed by atoms with E-state index in [0.29, 0.717) is 5.57 Å². The molecule has 0 saturated heterocycles. The van der Waals surface area contributed by atoms with Crippen LogP contribution in [0.25, 0.3) is 0 Å². The maximum Gasteiger partial charge on any atom is 0.0671 e. The van der Waals surface area contributed by atoms with E-state index in [9.17, 15) is 9.90 Å². The van der Waals surface area contributed by atoms with Gasteiger partial charge in [-0.3, -0.25) is 0 Å². The minimum atomic E-state index is -0.963. The van der Waals surface area contributed by atoms with Gasteiger partial charge in [0, 0.05) is 0 Å². The molecule has 2 heteroatoms. The Morgan fingerprint density at radius 1 is 0.375 bits per heavy atom. The van der Waals surface area contributed by atoms with Crippen molar-refractivity contribution in [2.75, 3.05) is 0 Å². The first-order valence-electron chi connectivity index (χ1n) is 18.5. The summed E-state index contributed by atoms with van der Waals surface area (Å²) in [7, 11) is 0. The second kappa shape index (κ2) is 32.7. The summed E-state index contributed by atoms with van der Waals surface area (Å²) in [5, 5.41) is 11.5. The standard InChI is InChI=1S/C38H74O2/c1-4-6-8-10-12-14-16-17-18-19-20-21-22-23-24-25-27-29-31-33-35-37(36(3)38(39)40)34-32-30-28-26-15-13-11-9-7-5-2/h4-35H2,1-3H3,(H,39,40)/p-1/b37-36+. The van der Waals surface area contributed by atoms with Gasteiger partial charge >= 0.3 is 0 Å². The first-order valence-corrected chi connectivity index (χ1v) is 18.5. The van der Waals surface area contributed by atoms with E-state index in [1.54, 1.807) is 6.92 Å². The van der Waals surface area contributed by atoms with Gasteiger partial charge < -0.3 is 9.90 Å². The Morgan fingerprint density at radius 3 is 0.775 bits per heavy atom. The number of carbonyl (C=O) groups is 1. The van der Waals surface area contributed by atoms with E-state index < -0.39 is 5.97 Å². The minimum absolute atomic E-state index is 0.508. The predicted molar refractivity (Wildman–Crippen MR) is 177 cm³/mol. The molecule has 238 valence electrons. The van der Waals surface area contributed by atoms with E-state index in [4.69, 9.17) is 0 Å². The molecule has 0 rings (SSSR count). The van der Waals surface area contributed by atoms with Crippen molar-refractivity contribution in [3.05, 3.63) is 11.1 Å². The maximum atomic E-state index is 11.5. The molecule has 0 unspecified atom stereocenters. The molecule has 0 spiro atoms. The normalized spacial score (nSPS) is 12.2. The highest BCUT2D eigenvalue weighted by Gasteiger charge is 2.05. The number of rotatable bonds is 33. The van der Waals surface area contributed by atoms with Gasteiger partial charge in [0.25, 0.3) is 0 Å². The molecular formula is C38H73O2-. The molecule has 0 heterocycles. The van der Waals surface area contributed by atoms with Crippen molar-refractivity contribution in [1.29, 1.82) is 0 Å². The van der Waals surface area contributed by atoms with Crippen molar-refractivity contribution < 1.29 is 9.90 Å². The number of aliphatic carboxylic acids is 1. The lowest BCUT2D eigenvalue weighted by Gasteiger charge is -2.14. The van der Waals surface area contributed by atoms with E-state index in [0.717, 1.165) is 31.3 Å². The third kappa shape index (κ3) is 28.7. The summed E-state index contributed by atoms with van der Waals surface area (Å²) < 4.78 is 0. The molecule has 0 aromatic heterocycles. The summed E-state index contributed by atoms with van der Waals surface area (Å²) in [5.41, 5.74) is 1.66. The van der Waals surface area contributed by atoms with Crippen LogP contribution in [-0.4, -0.2) is 5.97 Å². The van der Waals surface area contributed by atoms with Gasteiger partial charge in [-0.1, -0.05) is 199 Å². The van der Waals surface area contributed by atoms with Crippen LogP contribution in [0.1, 0.15) is 226 Å². The number of carboxylic acid groups (broad SMARTS) is 1. The Balaban J connectivity index is 3.58. The number of allylic oxidation sites excluding steroid dienone is 1. The van der Waals surface area contributed by atoms with E-state index in [1.807, 2.05) is 0 Å². The van der Waals surface area contributed by atoms with E-state index in [2.05, 4.69) is 13.8 Å². The second-order valence-corrected chi connectivity index (χ2v) is 12.9. The maximum absolute atomic E-state index is 11.5. The van der Waals surface area contributed by atoms with Gasteiger partial charge in [-0.15, -0.1) is 0 Å². The Kier molecular flexibility index (Phi) is 32.1. The van der Waals surface area contributed by atoms with Gasteiger partial charge in [-0.25, -0.2) is 0 Å². The molecule has 0 radical (unpaired) electrons. The fraction of sp³-hybridized carbons (Fsp3) is 0.921. The first-order chi connectivity index (χ1) is 19.6. The number of unbranched alkanes of at least 4 members (excludes halogenated alkanes) is 28. The van der Waals surface area contributed by atoms with Crippen molar-refractivity contribution in [3.8, 4) is 0 Å². The highest BCUT2D eigenvalue weighted by atomic mass is 16.4. The van der Waals surface area contributed by atoms with E-state index >= 15 is 0 Å². The molecule has 0 aliphatic rings. The lowest BCUT2D eigenvalue weighted by molar-refractivity contribution is -0.299. The molecule has 40 heavy (non-hydrogen) atoms. The molecule has 0 aliphatic carbocycles. The molecule has 0 fully saturated rings. The topological polar surface area (TPSA) is 40.1 Å². The molecule has 0 saturated carbocycles. The Labute approximate surface area is 253 Å². The SMILES string of the molecule is CCCCCCCCCCCCCCCCCCCCCC/C(CCCCCCCCCCCC)=C(\C)C(=O)[O-]. The summed E-state index contributed by atoms with van der Waals surface area (Å²) >= 11 is 0. The van der Waals surface area contributed by atoms with Crippen LogP contribution in [0.2, 0.25) is 0 Å². The molecule has 2 nitrogen and oxygen atoms in total. The second-order valence-electron chi connectivity index (χ2n) is 12.9. The molecule has 0 bridgehead atoms. The van der Waals surface area contributed by atoms with Gasteiger partial charge in [0.1, 0.15) is 0 Å². The minimum Gasteiger partial charge on any atom is -0.545 e. The molecule has 0 atom stereocenters. The summed E-state index contributed by atoms with van der Waals surface area (Å²) in [6, 6.07) is 0. The monoisotopic (exact) mass is 562 g/mol. The van der Waals surface area contributed by atoms with Gasteiger partial charge in [-0.05, 0) is 38.2 Å². The Bertz CT molecular complexity index is 550. The van der Waals surface area contributed by atoms with Crippen LogP contribution >= 0.6 is 0 Å². The highest BCUT2D eigenvalue weighted by Crippen LogP contribution is 2.22. The van der Waals surface area contributed by atoms with Crippen LogP contribution in [0.4, 0.5) is 0 Å². The first kappa shape index (κ1) is 39.2. The van der Waals surface area contributed by atoms with Gasteiger partial charge in [0.05, 0.1) is 5.97 Å². The zero-order valence-corrected chi connectivity index (χ0v) is 27.9. The number of carboxylic acids is 1. The Hall–Kier alpha value is -0.790. The average Bonchev–Trinajstić information content (AvgIpc) is 2.95. The fourth-order valence-corrected chi connectivity index (χ4v) is 6.06. The smallest absolute Gasteiger partial charge is 0.0671 e. The van der Waals surface area contributed by atoms with Gasteiger partial charge in [-0.2, -0.15) is 0 Å². The number of hydrogen-bond acceptors (Lipinski definition) is 2. The lowest BCUT2D eigenvalue weighted by Crippen LogP contribution is -2.24. The highest BCUT2D eigenvalue weighted by molar-refractivity contribution is 5.84. The zero-order valence-electron chi connectivity index (χ0n) is 27.9. The molecule has 0 aromatic rings. The van der Waals surface area contributed by atoms with Crippen molar-refractivity contribution in [1.82, 2.24) is 0 Å². The predicted octanol–water partition coefficient (Wildman–Crippen LogP) is 12.6. The van der Waals surface area contributed by atoms with E-state index in [1.165, 1.54) is 180 Å². The van der Waals surface area contributed by atoms with Crippen molar-refractivity contribution in [2.24, 2.45) is 0 Å². The molecular weight excluding hydrogens is 488 g/mol. The van der Waals surface area contributed by atoms with Crippen molar-refractivity contribution in [2.45, 2.75) is 226 Å². The summed E-state index contributed by atoms with van der Waals surface area (Å²) in [6.07, 6.45) is 43.0. The van der Waals surface area contributed by atoms with Crippen molar-refractivity contribution >= 4 is 5.97 Å². The van der Waals surface area contributed by atoms with E-state index in [-0.39, 0.29) is 0 Å². The van der Waals surface area contributed by atoms with Gasteiger partial charge in [0.2, 0.25) is 0 Å². The lowest BCUT2D eigenvalue weighted by atomic mass is 9.95. The number of carbonyl (C=O) groups excluding carboxylic acids is 1. The zero-order chi connectivity index (χ0) is 29.4. The van der Waals surface area contributed by atoms with Crippen LogP contribution in [0, 0.1) is 0 Å². The van der Waals surface area contributed by atoms with Gasteiger partial charge in [0.15, 0.2) is 0 Å². The molecule has 0 aromatic carbocycles. The van der Waals surface area contributed by atoms with Crippen LogP contribution < -0.4 is 5.11 Å². The third-order valence-electron chi connectivity index (χ3n) is 9.00. The quantitative estimate of drug-likeness (QED) is 0.0590. The molecule has 0 amide bonds. The largest absolute Gasteiger partial charge is 0.545 e. The van der Waals surface area contributed by atoms with Crippen molar-refractivity contribution in [3.63, 3.8) is 0 Å². The third-order valence-corrected chi connectivity index (χ3v) is 9.00. The van der Waals surface area contributed by atoms with Crippen LogP contribution in [0.3, 0.4) is 0 Å². The number of hydrogen-bond donors (Lipinski definition) is 0.